The monoisotopic (exact) mass is 262 g/mol. The van der Waals surface area contributed by atoms with Crippen LogP contribution >= 0.6 is 0 Å². The summed E-state index contributed by atoms with van der Waals surface area (Å²) in [6, 6.07) is 7.38. The van der Waals surface area contributed by atoms with Crippen molar-refractivity contribution in [3.63, 3.8) is 0 Å². The lowest BCUT2D eigenvalue weighted by Gasteiger charge is -2.22. The summed E-state index contributed by atoms with van der Waals surface area (Å²) in [6.45, 7) is 3.00. The van der Waals surface area contributed by atoms with Gasteiger partial charge in [-0.15, -0.1) is 0 Å². The van der Waals surface area contributed by atoms with Gasteiger partial charge < -0.3 is 15.3 Å². The van der Waals surface area contributed by atoms with Gasteiger partial charge in [0.15, 0.2) is 0 Å². The number of carboxylic acid groups (broad SMARTS) is 1. The van der Waals surface area contributed by atoms with E-state index in [1.165, 1.54) is 6.08 Å². The van der Waals surface area contributed by atoms with Crippen molar-refractivity contribution in [1.29, 1.82) is 0 Å². The number of carbonyl (C=O) groups is 2. The number of amides is 1. The highest BCUT2D eigenvalue weighted by Crippen LogP contribution is 2.15. The summed E-state index contributed by atoms with van der Waals surface area (Å²) in [5.74, 6) is -1.02. The van der Waals surface area contributed by atoms with E-state index in [0.29, 0.717) is 6.54 Å². The van der Waals surface area contributed by atoms with Gasteiger partial charge in [-0.05, 0) is 30.7 Å². The summed E-state index contributed by atoms with van der Waals surface area (Å²) < 4.78 is 0. The van der Waals surface area contributed by atoms with Gasteiger partial charge in [0.2, 0.25) is 5.91 Å². The smallest absolute Gasteiger partial charge is 0.328 e. The molecule has 0 aliphatic rings. The van der Waals surface area contributed by atoms with E-state index in [-0.39, 0.29) is 5.91 Å². The summed E-state index contributed by atoms with van der Waals surface area (Å²) in [5, 5.41) is 11.1. The van der Waals surface area contributed by atoms with Gasteiger partial charge in [-0.25, -0.2) is 4.79 Å². The molecule has 0 heterocycles. The maximum absolute atomic E-state index is 11.4. The molecule has 1 aromatic carbocycles. The van der Waals surface area contributed by atoms with Crippen LogP contribution in [-0.4, -0.2) is 37.1 Å². The van der Waals surface area contributed by atoms with E-state index in [9.17, 15) is 9.59 Å². The number of carbonyl (C=O) groups excluding carboxylic acids is 1. The molecule has 0 saturated heterocycles. The maximum atomic E-state index is 11.4. The van der Waals surface area contributed by atoms with Gasteiger partial charge in [0.1, 0.15) is 0 Å². The Morgan fingerprint density at radius 3 is 2.42 bits per heavy atom. The number of anilines is 1. The van der Waals surface area contributed by atoms with Crippen molar-refractivity contribution >= 4 is 23.6 Å². The Hall–Kier alpha value is -2.30. The third-order valence-corrected chi connectivity index (χ3v) is 2.67. The van der Waals surface area contributed by atoms with Crippen molar-refractivity contribution in [2.24, 2.45) is 0 Å². The van der Waals surface area contributed by atoms with E-state index in [4.69, 9.17) is 5.11 Å². The molecule has 102 valence electrons. The SMILES string of the molecule is CCN(CC(=O)NC)c1ccc(C=CC(=O)O)cc1. The number of hydrogen-bond acceptors (Lipinski definition) is 3. The predicted octanol–water partition coefficient (Wildman–Crippen LogP) is 1.36. The first-order chi connectivity index (χ1) is 9.06. The Morgan fingerprint density at radius 1 is 1.32 bits per heavy atom. The van der Waals surface area contributed by atoms with Crippen LogP contribution in [0.5, 0.6) is 0 Å². The Morgan fingerprint density at radius 2 is 1.95 bits per heavy atom. The zero-order valence-electron chi connectivity index (χ0n) is 11.1. The standard InChI is InChI=1S/C14H18N2O3/c1-3-16(10-13(17)15-2)12-7-4-11(5-8-12)6-9-14(18)19/h4-9H,3,10H2,1-2H3,(H,15,17)(H,18,19). The second-order valence-corrected chi connectivity index (χ2v) is 3.95. The molecular formula is C14H18N2O3. The molecule has 0 atom stereocenters. The molecule has 0 radical (unpaired) electrons. The number of nitrogens with one attached hydrogen (secondary N) is 1. The van der Waals surface area contributed by atoms with Crippen molar-refractivity contribution in [2.45, 2.75) is 6.92 Å². The normalized spacial score (nSPS) is 10.4. The van der Waals surface area contributed by atoms with Crippen LogP contribution in [0.4, 0.5) is 5.69 Å². The van der Waals surface area contributed by atoms with Crippen molar-refractivity contribution in [1.82, 2.24) is 5.32 Å². The summed E-state index contributed by atoms with van der Waals surface area (Å²) >= 11 is 0. The van der Waals surface area contributed by atoms with Crippen LogP contribution in [-0.2, 0) is 9.59 Å². The molecule has 0 fully saturated rings. The fraction of sp³-hybridized carbons (Fsp3) is 0.286. The Kier molecular flexibility index (Phi) is 5.60. The molecular weight excluding hydrogens is 244 g/mol. The van der Waals surface area contributed by atoms with Gasteiger partial charge in [-0.1, -0.05) is 12.1 Å². The molecule has 0 bridgehead atoms. The van der Waals surface area contributed by atoms with Crippen molar-refractivity contribution in [3.05, 3.63) is 35.9 Å². The second kappa shape index (κ2) is 7.20. The van der Waals surface area contributed by atoms with Crippen LogP contribution in [0.25, 0.3) is 6.08 Å². The molecule has 5 nitrogen and oxygen atoms in total. The van der Waals surface area contributed by atoms with Crippen LogP contribution in [0.15, 0.2) is 30.3 Å². The van der Waals surface area contributed by atoms with Crippen LogP contribution in [0.1, 0.15) is 12.5 Å². The first-order valence-electron chi connectivity index (χ1n) is 6.03. The fourth-order valence-electron chi connectivity index (χ4n) is 1.60. The molecule has 1 amide bonds. The highest BCUT2D eigenvalue weighted by Gasteiger charge is 2.08. The molecule has 1 aromatic rings. The molecule has 0 saturated carbocycles. The lowest BCUT2D eigenvalue weighted by atomic mass is 10.2. The van der Waals surface area contributed by atoms with Gasteiger partial charge in [0.05, 0.1) is 6.54 Å². The molecule has 0 aromatic heterocycles. The van der Waals surface area contributed by atoms with Crippen LogP contribution in [0, 0.1) is 0 Å². The third-order valence-electron chi connectivity index (χ3n) is 2.67. The van der Waals surface area contributed by atoms with E-state index < -0.39 is 5.97 Å². The van der Waals surface area contributed by atoms with E-state index in [2.05, 4.69) is 5.32 Å². The molecule has 5 heteroatoms. The second-order valence-electron chi connectivity index (χ2n) is 3.95. The predicted molar refractivity (Wildman–Crippen MR) is 75.1 cm³/mol. The maximum Gasteiger partial charge on any atom is 0.328 e. The summed E-state index contributed by atoms with van der Waals surface area (Å²) in [5.41, 5.74) is 1.74. The highest BCUT2D eigenvalue weighted by atomic mass is 16.4. The number of hydrogen-bond donors (Lipinski definition) is 2. The van der Waals surface area contributed by atoms with Crippen LogP contribution in [0.3, 0.4) is 0 Å². The first-order valence-corrected chi connectivity index (χ1v) is 6.03. The lowest BCUT2D eigenvalue weighted by molar-refractivity contribution is -0.131. The summed E-state index contributed by atoms with van der Waals surface area (Å²) in [4.78, 5) is 23.7. The number of carboxylic acids is 1. The molecule has 0 aliphatic carbocycles. The third kappa shape index (κ3) is 4.83. The van der Waals surface area contributed by atoms with E-state index >= 15 is 0 Å². The molecule has 19 heavy (non-hydrogen) atoms. The average molecular weight is 262 g/mol. The number of rotatable bonds is 6. The molecule has 1 rings (SSSR count). The minimum absolute atomic E-state index is 0.0447. The van der Waals surface area contributed by atoms with Gasteiger partial charge in [-0.2, -0.15) is 0 Å². The number of aliphatic carboxylic acids is 1. The number of likely N-dealkylation sites (N-methyl/N-ethyl adjacent to an activating group) is 2. The lowest BCUT2D eigenvalue weighted by Crippen LogP contribution is -2.35. The minimum atomic E-state index is -0.973. The van der Waals surface area contributed by atoms with E-state index in [0.717, 1.165) is 23.9 Å². The average Bonchev–Trinajstić information content (AvgIpc) is 2.42. The fourth-order valence-corrected chi connectivity index (χ4v) is 1.60. The topological polar surface area (TPSA) is 69.6 Å². The van der Waals surface area contributed by atoms with E-state index in [1.807, 2.05) is 36.1 Å². The van der Waals surface area contributed by atoms with Crippen molar-refractivity contribution < 1.29 is 14.7 Å². The van der Waals surface area contributed by atoms with Gasteiger partial charge in [0.25, 0.3) is 0 Å². The quantitative estimate of drug-likeness (QED) is 0.759. The number of nitrogens with zero attached hydrogens (tertiary/aromatic N) is 1. The van der Waals surface area contributed by atoms with Crippen molar-refractivity contribution in [3.8, 4) is 0 Å². The Bertz CT molecular complexity index is 466. The van der Waals surface area contributed by atoms with E-state index in [1.54, 1.807) is 7.05 Å². The largest absolute Gasteiger partial charge is 0.478 e. The molecule has 2 N–H and O–H groups in total. The molecule has 0 unspecified atom stereocenters. The molecule has 0 spiro atoms. The Labute approximate surface area is 112 Å². The van der Waals surface area contributed by atoms with Gasteiger partial charge in [0, 0.05) is 25.4 Å². The molecule has 0 aliphatic heterocycles. The van der Waals surface area contributed by atoms with Gasteiger partial charge >= 0.3 is 5.97 Å². The number of benzene rings is 1. The van der Waals surface area contributed by atoms with Crippen LogP contribution < -0.4 is 10.2 Å². The van der Waals surface area contributed by atoms with Crippen molar-refractivity contribution in [2.75, 3.05) is 25.0 Å². The van der Waals surface area contributed by atoms with Crippen LogP contribution in [0.2, 0.25) is 0 Å². The Balaban J connectivity index is 2.78. The minimum Gasteiger partial charge on any atom is -0.478 e. The summed E-state index contributed by atoms with van der Waals surface area (Å²) in [6.07, 6.45) is 2.62. The summed E-state index contributed by atoms with van der Waals surface area (Å²) in [7, 11) is 1.61. The zero-order chi connectivity index (χ0) is 14.3. The van der Waals surface area contributed by atoms with Gasteiger partial charge in [-0.3, -0.25) is 4.79 Å². The highest BCUT2D eigenvalue weighted by molar-refractivity contribution is 5.85. The zero-order valence-corrected chi connectivity index (χ0v) is 11.1. The first kappa shape index (κ1) is 14.8.